The van der Waals surface area contributed by atoms with Crippen LogP contribution in [0.4, 0.5) is 0 Å². The first-order chi connectivity index (χ1) is 10.1. The summed E-state index contributed by atoms with van der Waals surface area (Å²) in [4.78, 5) is 10.3. The van der Waals surface area contributed by atoms with Gasteiger partial charge in [0.05, 0.1) is 5.52 Å². The summed E-state index contributed by atoms with van der Waals surface area (Å²) in [7, 11) is 0. The summed E-state index contributed by atoms with van der Waals surface area (Å²) in [6.45, 7) is 2.02. The number of fused-ring (bicyclic) bond motifs is 1. The Morgan fingerprint density at radius 1 is 1.05 bits per heavy atom. The van der Waals surface area contributed by atoms with E-state index in [1.54, 1.807) is 11.8 Å². The molecule has 1 aromatic heterocycles. The van der Waals surface area contributed by atoms with Crippen molar-refractivity contribution in [3.05, 3.63) is 51.6 Å². The number of aromatic nitrogens is 2. The van der Waals surface area contributed by atoms with Gasteiger partial charge in [-0.2, -0.15) is 0 Å². The molecule has 0 atom stereocenters. The normalized spacial score (nSPS) is 11.0. The third-order valence-corrected chi connectivity index (χ3v) is 5.25. The lowest BCUT2D eigenvalue weighted by atomic mass is 10.1. The van der Waals surface area contributed by atoms with E-state index in [0.29, 0.717) is 11.0 Å². The van der Waals surface area contributed by atoms with E-state index in [1.807, 2.05) is 31.2 Å². The maximum absolute atomic E-state index is 6.32. The van der Waals surface area contributed by atoms with Crippen LogP contribution in [-0.4, -0.2) is 16.2 Å². The second kappa shape index (κ2) is 5.95. The number of halogens is 2. The highest BCUT2D eigenvalue weighted by atomic mass is 79.9. The Balaban J connectivity index is 2.21. The highest BCUT2D eigenvalue weighted by Crippen LogP contribution is 2.30. The van der Waals surface area contributed by atoms with E-state index in [0.717, 1.165) is 26.5 Å². The number of aryl methyl sites for hydroxylation is 1. The van der Waals surface area contributed by atoms with E-state index in [9.17, 15) is 0 Å². The molecule has 2 aromatic carbocycles. The van der Waals surface area contributed by atoms with E-state index >= 15 is 0 Å². The minimum atomic E-state index is 0.486. The van der Waals surface area contributed by atoms with Gasteiger partial charge in [-0.25, -0.2) is 9.97 Å². The van der Waals surface area contributed by atoms with Crippen molar-refractivity contribution >= 4 is 50.2 Å². The van der Waals surface area contributed by atoms with E-state index in [2.05, 4.69) is 44.3 Å². The summed E-state index contributed by atoms with van der Waals surface area (Å²) in [5, 5.41) is 1.36. The summed E-state index contributed by atoms with van der Waals surface area (Å²) in [5.74, 6) is 0.654. The van der Waals surface area contributed by atoms with Crippen molar-refractivity contribution < 1.29 is 0 Å². The fourth-order valence-electron chi connectivity index (χ4n) is 2.14. The van der Waals surface area contributed by atoms with E-state index in [-0.39, 0.29) is 0 Å². The fraction of sp³-hybridized carbons (Fsp3) is 0.125. The second-order valence-corrected chi connectivity index (χ2v) is 6.73. The lowest BCUT2D eigenvalue weighted by molar-refractivity contribution is 1.21. The predicted octanol–water partition coefficient (Wildman–Crippen LogP) is 5.74. The topological polar surface area (TPSA) is 25.8 Å². The van der Waals surface area contributed by atoms with Crippen LogP contribution >= 0.6 is 39.3 Å². The highest BCUT2D eigenvalue weighted by molar-refractivity contribution is 9.10. The standard InChI is InChI=1S/C16H12BrClN2S/c1-9-13(17)8-7-12-14(9)19-16(20-15(12)18)10-3-5-11(21-2)6-4-10/h3-8H,1-2H3. The zero-order chi connectivity index (χ0) is 15.0. The molecule has 0 saturated heterocycles. The van der Waals surface area contributed by atoms with Gasteiger partial charge in [-0.05, 0) is 43.0 Å². The van der Waals surface area contributed by atoms with Crippen LogP contribution in [0.15, 0.2) is 45.8 Å². The van der Waals surface area contributed by atoms with Crippen molar-refractivity contribution in [3.63, 3.8) is 0 Å². The van der Waals surface area contributed by atoms with Crippen LogP contribution in [-0.2, 0) is 0 Å². The van der Waals surface area contributed by atoms with Crippen LogP contribution in [0.1, 0.15) is 5.56 Å². The Kier molecular flexibility index (Phi) is 4.20. The predicted molar refractivity (Wildman–Crippen MR) is 94.2 cm³/mol. The molecule has 0 aliphatic carbocycles. The number of thioether (sulfide) groups is 1. The van der Waals surface area contributed by atoms with Crippen molar-refractivity contribution in [3.8, 4) is 11.4 Å². The molecule has 0 aliphatic heterocycles. The van der Waals surface area contributed by atoms with Crippen molar-refractivity contribution in [1.82, 2.24) is 9.97 Å². The molecule has 1 heterocycles. The number of hydrogen-bond acceptors (Lipinski definition) is 3. The van der Waals surface area contributed by atoms with Crippen LogP contribution < -0.4 is 0 Å². The molecule has 0 saturated carbocycles. The molecular formula is C16H12BrClN2S. The van der Waals surface area contributed by atoms with Crippen LogP contribution in [0.25, 0.3) is 22.3 Å². The third kappa shape index (κ3) is 2.80. The van der Waals surface area contributed by atoms with Crippen molar-refractivity contribution in [2.24, 2.45) is 0 Å². The van der Waals surface area contributed by atoms with Gasteiger partial charge in [0.2, 0.25) is 0 Å². The Morgan fingerprint density at radius 2 is 1.76 bits per heavy atom. The minimum Gasteiger partial charge on any atom is -0.228 e. The first-order valence-corrected chi connectivity index (χ1v) is 8.76. The summed E-state index contributed by atoms with van der Waals surface area (Å²) in [6.07, 6.45) is 2.05. The molecule has 21 heavy (non-hydrogen) atoms. The van der Waals surface area contributed by atoms with E-state index in [4.69, 9.17) is 11.6 Å². The Bertz CT molecular complexity index is 819. The van der Waals surface area contributed by atoms with Crippen LogP contribution in [0.5, 0.6) is 0 Å². The number of benzene rings is 2. The van der Waals surface area contributed by atoms with Gasteiger partial charge in [0.1, 0.15) is 5.15 Å². The van der Waals surface area contributed by atoms with Crippen molar-refractivity contribution in [1.29, 1.82) is 0 Å². The smallest absolute Gasteiger partial charge is 0.161 e. The molecule has 0 spiro atoms. The second-order valence-electron chi connectivity index (χ2n) is 4.64. The molecule has 106 valence electrons. The monoisotopic (exact) mass is 378 g/mol. The molecule has 0 N–H and O–H groups in total. The number of nitrogens with zero attached hydrogens (tertiary/aromatic N) is 2. The summed E-state index contributed by atoms with van der Waals surface area (Å²) >= 11 is 11.6. The average molecular weight is 380 g/mol. The first kappa shape index (κ1) is 14.8. The van der Waals surface area contributed by atoms with Gasteiger partial charge < -0.3 is 0 Å². The fourth-order valence-corrected chi connectivity index (χ4v) is 3.10. The van der Waals surface area contributed by atoms with E-state index < -0.39 is 0 Å². The molecule has 0 radical (unpaired) electrons. The molecule has 0 fully saturated rings. The van der Waals surface area contributed by atoms with Gasteiger partial charge in [-0.1, -0.05) is 39.7 Å². The molecule has 3 rings (SSSR count). The molecule has 0 aliphatic rings. The lowest BCUT2D eigenvalue weighted by Gasteiger charge is -2.08. The van der Waals surface area contributed by atoms with Crippen molar-refractivity contribution in [2.45, 2.75) is 11.8 Å². The van der Waals surface area contributed by atoms with E-state index in [1.165, 1.54) is 4.90 Å². The van der Waals surface area contributed by atoms with Gasteiger partial charge in [0.15, 0.2) is 5.82 Å². The molecule has 2 nitrogen and oxygen atoms in total. The lowest BCUT2D eigenvalue weighted by Crippen LogP contribution is -1.94. The maximum Gasteiger partial charge on any atom is 0.161 e. The van der Waals surface area contributed by atoms with Gasteiger partial charge in [-0.3, -0.25) is 0 Å². The molecule has 5 heteroatoms. The average Bonchev–Trinajstić information content (AvgIpc) is 2.51. The largest absolute Gasteiger partial charge is 0.228 e. The molecule has 0 bridgehead atoms. The Morgan fingerprint density at radius 3 is 2.43 bits per heavy atom. The third-order valence-electron chi connectivity index (χ3n) is 3.36. The molecule has 0 amide bonds. The maximum atomic E-state index is 6.32. The van der Waals surface area contributed by atoms with Gasteiger partial charge in [-0.15, -0.1) is 11.8 Å². The van der Waals surface area contributed by atoms with Crippen LogP contribution in [0, 0.1) is 6.92 Å². The summed E-state index contributed by atoms with van der Waals surface area (Å²) in [5.41, 5.74) is 2.92. The minimum absolute atomic E-state index is 0.486. The van der Waals surface area contributed by atoms with Gasteiger partial charge >= 0.3 is 0 Å². The molecular weight excluding hydrogens is 368 g/mol. The number of hydrogen-bond donors (Lipinski definition) is 0. The summed E-state index contributed by atoms with van der Waals surface area (Å²) in [6, 6.07) is 12.1. The number of rotatable bonds is 2. The Labute approximate surface area is 141 Å². The Hall–Kier alpha value is -1.10. The van der Waals surface area contributed by atoms with Crippen LogP contribution in [0.2, 0.25) is 5.15 Å². The van der Waals surface area contributed by atoms with Gasteiger partial charge in [0, 0.05) is 20.3 Å². The highest BCUT2D eigenvalue weighted by Gasteiger charge is 2.11. The first-order valence-electron chi connectivity index (χ1n) is 6.37. The van der Waals surface area contributed by atoms with Crippen LogP contribution in [0.3, 0.4) is 0 Å². The molecule has 3 aromatic rings. The zero-order valence-corrected chi connectivity index (χ0v) is 14.7. The van der Waals surface area contributed by atoms with Crippen molar-refractivity contribution in [2.75, 3.05) is 6.26 Å². The summed E-state index contributed by atoms with van der Waals surface area (Å²) < 4.78 is 1.02. The van der Waals surface area contributed by atoms with Gasteiger partial charge in [0.25, 0.3) is 0 Å². The quantitative estimate of drug-likeness (QED) is 0.419. The SMILES string of the molecule is CSc1ccc(-c2nc(Cl)c3ccc(Br)c(C)c3n2)cc1. The molecule has 0 unspecified atom stereocenters. The zero-order valence-electron chi connectivity index (χ0n) is 11.5.